The van der Waals surface area contributed by atoms with Gasteiger partial charge in [-0.25, -0.2) is 0 Å². The summed E-state index contributed by atoms with van der Waals surface area (Å²) in [6.07, 6.45) is 8.10. The van der Waals surface area contributed by atoms with Gasteiger partial charge in [0.25, 0.3) is 0 Å². The fourth-order valence-corrected chi connectivity index (χ4v) is 7.95. The van der Waals surface area contributed by atoms with Crippen LogP contribution in [-0.4, -0.2) is 35.4 Å². The molecule has 5 nitrogen and oxygen atoms in total. The maximum Gasteiger partial charge on any atom is 0.306 e. The van der Waals surface area contributed by atoms with Crippen molar-refractivity contribution >= 4 is 11.9 Å². The van der Waals surface area contributed by atoms with E-state index >= 15 is 0 Å². The Morgan fingerprint density at radius 3 is 2.32 bits per heavy atom. The molecule has 1 fully saturated rings. The maximum absolute atomic E-state index is 12.6. The van der Waals surface area contributed by atoms with Crippen LogP contribution in [0.15, 0.2) is 47.6 Å². The van der Waals surface area contributed by atoms with Gasteiger partial charge in [0.2, 0.25) is 0 Å². The zero-order valence-corrected chi connectivity index (χ0v) is 24.0. The lowest BCUT2D eigenvalue weighted by atomic mass is 9.48. The van der Waals surface area contributed by atoms with Crippen LogP contribution >= 0.6 is 0 Å². The number of ether oxygens (including phenoxy) is 1. The number of rotatable bonds is 10. The van der Waals surface area contributed by atoms with Gasteiger partial charge in [0.1, 0.15) is 0 Å². The number of methoxy groups -OCH3 is 1. The molecule has 0 radical (unpaired) electrons. The molecular formula is C32H48O5. The molecule has 0 amide bonds. The number of carboxylic acids is 1. The molecule has 1 saturated carbocycles. The van der Waals surface area contributed by atoms with E-state index in [0.717, 1.165) is 17.6 Å². The Morgan fingerprint density at radius 1 is 1.14 bits per heavy atom. The number of hydrogen-bond donors (Lipinski definition) is 2. The van der Waals surface area contributed by atoms with E-state index in [0.29, 0.717) is 44.4 Å². The minimum absolute atomic E-state index is 0.205. The highest BCUT2D eigenvalue weighted by Gasteiger charge is 2.65. The molecule has 0 heterocycles. The van der Waals surface area contributed by atoms with Crippen LogP contribution in [0.4, 0.5) is 0 Å². The molecule has 5 heteroatoms. The second-order valence-corrected chi connectivity index (χ2v) is 12.9. The van der Waals surface area contributed by atoms with Gasteiger partial charge in [-0.3, -0.25) is 9.59 Å². The number of fused-ring (bicyclic) bond motifs is 3. The lowest BCUT2D eigenvalue weighted by Gasteiger charge is -2.56. The molecule has 0 aromatic carbocycles. The SMILES string of the molecule is C=C(CC[C@H](C(=O)O)[C@@H]1[C@@H](O)C[C@]2(C)C3=CC[C@H](C(=C)C)[C@@](C)(CCC(=O)OC)C3=CC[C@@]12C)C(C)C. The van der Waals surface area contributed by atoms with E-state index in [1.54, 1.807) is 0 Å². The molecule has 0 aliphatic heterocycles. The normalized spacial score (nSPS) is 35.6. The molecule has 0 aromatic rings. The Bertz CT molecular complexity index is 1020. The molecule has 0 saturated heterocycles. The van der Waals surface area contributed by atoms with Crippen LogP contribution < -0.4 is 0 Å². The Kier molecular flexibility index (Phi) is 8.39. The minimum atomic E-state index is -0.830. The van der Waals surface area contributed by atoms with Gasteiger partial charge in [-0.15, -0.1) is 0 Å². The van der Waals surface area contributed by atoms with Crippen LogP contribution in [0.25, 0.3) is 0 Å². The summed E-state index contributed by atoms with van der Waals surface area (Å²) in [6.45, 7) is 21.3. The quantitative estimate of drug-likeness (QED) is 0.246. The van der Waals surface area contributed by atoms with E-state index < -0.39 is 23.4 Å². The van der Waals surface area contributed by atoms with E-state index in [-0.39, 0.29) is 28.6 Å². The van der Waals surface area contributed by atoms with Crippen molar-refractivity contribution in [2.75, 3.05) is 7.11 Å². The first-order valence-electron chi connectivity index (χ1n) is 13.9. The van der Waals surface area contributed by atoms with Gasteiger partial charge in [-0.05, 0) is 79.3 Å². The fraction of sp³-hybridized carbons (Fsp3) is 0.688. The Hall–Kier alpha value is -2.14. The predicted molar refractivity (Wildman–Crippen MR) is 148 cm³/mol. The fourth-order valence-electron chi connectivity index (χ4n) is 7.95. The second-order valence-electron chi connectivity index (χ2n) is 12.9. The van der Waals surface area contributed by atoms with Gasteiger partial charge < -0.3 is 14.9 Å². The molecule has 0 unspecified atom stereocenters. The molecule has 37 heavy (non-hydrogen) atoms. The van der Waals surface area contributed by atoms with Crippen LogP contribution in [0.1, 0.15) is 86.5 Å². The number of allylic oxidation sites excluding steroid dienone is 6. The lowest BCUT2D eigenvalue weighted by Crippen LogP contribution is -2.48. The van der Waals surface area contributed by atoms with Crippen molar-refractivity contribution < 1.29 is 24.5 Å². The average molecular weight is 513 g/mol. The summed E-state index contributed by atoms with van der Waals surface area (Å²) in [7, 11) is 1.43. The summed E-state index contributed by atoms with van der Waals surface area (Å²) in [4.78, 5) is 24.7. The molecule has 0 bridgehead atoms. The van der Waals surface area contributed by atoms with Crippen molar-refractivity contribution in [1.29, 1.82) is 0 Å². The lowest BCUT2D eigenvalue weighted by molar-refractivity contribution is -0.148. The second kappa shape index (κ2) is 10.6. The van der Waals surface area contributed by atoms with Crippen molar-refractivity contribution in [3.05, 3.63) is 47.6 Å². The van der Waals surface area contributed by atoms with E-state index in [1.165, 1.54) is 18.3 Å². The van der Waals surface area contributed by atoms with Crippen LogP contribution in [-0.2, 0) is 14.3 Å². The van der Waals surface area contributed by atoms with Gasteiger partial charge in [-0.2, -0.15) is 0 Å². The highest BCUT2D eigenvalue weighted by atomic mass is 16.5. The summed E-state index contributed by atoms with van der Waals surface area (Å²) in [5.74, 6) is -1.52. The topological polar surface area (TPSA) is 83.8 Å². The van der Waals surface area contributed by atoms with Crippen LogP contribution in [0.2, 0.25) is 0 Å². The molecule has 3 rings (SSSR count). The summed E-state index contributed by atoms with van der Waals surface area (Å²) in [5, 5.41) is 21.8. The first kappa shape index (κ1) is 29.4. The number of carbonyl (C=O) groups is 2. The van der Waals surface area contributed by atoms with Gasteiger partial charge in [-0.1, -0.05) is 71.1 Å². The van der Waals surface area contributed by atoms with Gasteiger partial charge in [0.05, 0.1) is 19.1 Å². The zero-order chi connectivity index (χ0) is 27.9. The third-order valence-corrected chi connectivity index (χ3v) is 10.6. The van der Waals surface area contributed by atoms with Crippen molar-refractivity contribution in [1.82, 2.24) is 0 Å². The molecule has 0 aromatic heterocycles. The molecule has 206 valence electrons. The van der Waals surface area contributed by atoms with E-state index in [9.17, 15) is 19.8 Å². The van der Waals surface area contributed by atoms with E-state index in [1.807, 2.05) is 0 Å². The van der Waals surface area contributed by atoms with Crippen LogP contribution in [0, 0.1) is 39.9 Å². The number of aliphatic carboxylic acids is 1. The Balaban J connectivity index is 2.04. The number of esters is 1. The predicted octanol–water partition coefficient (Wildman–Crippen LogP) is 6.89. The smallest absolute Gasteiger partial charge is 0.306 e. The summed E-state index contributed by atoms with van der Waals surface area (Å²) in [6, 6.07) is 0. The summed E-state index contributed by atoms with van der Waals surface area (Å²) in [5.41, 5.74) is 3.58. The Morgan fingerprint density at radius 2 is 1.78 bits per heavy atom. The highest BCUT2D eigenvalue weighted by molar-refractivity contribution is 5.71. The monoisotopic (exact) mass is 512 g/mol. The average Bonchev–Trinajstić information content (AvgIpc) is 3.02. The number of carbonyl (C=O) groups excluding carboxylic acids is 1. The first-order valence-corrected chi connectivity index (χ1v) is 13.9. The number of carboxylic acid groups (broad SMARTS) is 1. The van der Waals surface area contributed by atoms with E-state index in [2.05, 4.69) is 66.9 Å². The highest BCUT2D eigenvalue weighted by Crippen LogP contribution is 2.70. The minimum Gasteiger partial charge on any atom is -0.481 e. The first-order chi connectivity index (χ1) is 17.1. The van der Waals surface area contributed by atoms with Crippen molar-refractivity contribution in [2.45, 2.75) is 92.6 Å². The largest absolute Gasteiger partial charge is 0.481 e. The number of hydrogen-bond acceptors (Lipinski definition) is 4. The third kappa shape index (κ3) is 4.89. The molecule has 0 spiro atoms. The Labute approximate surface area is 223 Å². The third-order valence-electron chi connectivity index (χ3n) is 10.6. The maximum atomic E-state index is 12.6. The molecule has 2 N–H and O–H groups in total. The van der Waals surface area contributed by atoms with Crippen molar-refractivity contribution in [2.24, 2.45) is 39.9 Å². The standard InChI is InChI=1S/C32H48O5/c1-19(2)21(5)10-11-22(29(35)36)28-26(33)18-32(8)25-13-12-23(20(3)4)30(6,16-15-27(34)37-9)24(25)14-17-31(28,32)7/h13-14,19,22-23,26,28,33H,3,5,10-12,15-18H2,1-2,4,6-9H3,(H,35,36)/t22-,23+,26-,28+,30+,31-,32+/m0/s1. The van der Waals surface area contributed by atoms with Gasteiger partial charge in [0.15, 0.2) is 0 Å². The molecular weight excluding hydrogens is 464 g/mol. The number of aliphatic hydroxyl groups is 1. The van der Waals surface area contributed by atoms with Crippen LogP contribution in [0.5, 0.6) is 0 Å². The van der Waals surface area contributed by atoms with Gasteiger partial charge in [0, 0.05) is 17.8 Å². The van der Waals surface area contributed by atoms with Crippen molar-refractivity contribution in [3.8, 4) is 0 Å². The molecule has 7 atom stereocenters. The zero-order valence-electron chi connectivity index (χ0n) is 24.0. The van der Waals surface area contributed by atoms with E-state index in [4.69, 9.17) is 4.74 Å². The molecule has 3 aliphatic carbocycles. The summed E-state index contributed by atoms with van der Waals surface area (Å²) < 4.78 is 4.96. The number of aliphatic hydroxyl groups excluding tert-OH is 1. The molecule has 3 aliphatic rings. The summed E-state index contributed by atoms with van der Waals surface area (Å²) >= 11 is 0. The van der Waals surface area contributed by atoms with Crippen LogP contribution in [0.3, 0.4) is 0 Å². The van der Waals surface area contributed by atoms with Crippen molar-refractivity contribution in [3.63, 3.8) is 0 Å². The van der Waals surface area contributed by atoms with Gasteiger partial charge >= 0.3 is 11.9 Å².